The van der Waals surface area contributed by atoms with Crippen molar-refractivity contribution in [1.29, 1.82) is 0 Å². The number of carboxylic acid groups (broad SMARTS) is 1. The van der Waals surface area contributed by atoms with Crippen LogP contribution >= 0.6 is 0 Å². The predicted molar refractivity (Wildman–Crippen MR) is 111 cm³/mol. The zero-order valence-corrected chi connectivity index (χ0v) is 18.1. The van der Waals surface area contributed by atoms with Gasteiger partial charge in [0.05, 0.1) is 30.5 Å². The number of fused-ring (bicyclic) bond motifs is 1. The summed E-state index contributed by atoms with van der Waals surface area (Å²) >= 11 is 0. The predicted octanol–water partition coefficient (Wildman–Crippen LogP) is 3.33. The molecule has 2 aromatic rings. The average molecular weight is 435 g/mol. The average Bonchev–Trinajstić information content (AvgIpc) is 2.87. The number of carbonyl (C=O) groups is 1. The number of carboxylic acids is 1. The SMILES string of the molecule is COc1cc(C)c(S(=O)(=O)C2CC(COCC(=O)O)COc3ccccc32)c(C)c1. The molecule has 0 fully saturated rings. The van der Waals surface area contributed by atoms with Crippen molar-refractivity contribution >= 4 is 15.8 Å². The first-order valence-electron chi connectivity index (χ1n) is 9.64. The molecule has 162 valence electrons. The summed E-state index contributed by atoms with van der Waals surface area (Å²) in [6, 6.07) is 10.5. The third-order valence-electron chi connectivity index (χ3n) is 5.20. The minimum absolute atomic E-state index is 0.104. The van der Waals surface area contributed by atoms with E-state index in [4.69, 9.17) is 19.3 Å². The molecule has 0 saturated carbocycles. The Labute approximate surface area is 176 Å². The standard InChI is InChI=1S/C22H26O7S/c1-14-8-17(27-3)9-15(2)22(14)30(25,26)20-10-16(11-28-13-21(23)24)12-29-19-7-5-4-6-18(19)20/h4-9,16,20H,10-13H2,1-3H3,(H,23,24). The Morgan fingerprint density at radius 3 is 2.50 bits per heavy atom. The molecule has 1 aliphatic heterocycles. The number of benzene rings is 2. The van der Waals surface area contributed by atoms with Crippen molar-refractivity contribution in [2.45, 2.75) is 30.4 Å². The topological polar surface area (TPSA) is 99.1 Å². The lowest BCUT2D eigenvalue weighted by Crippen LogP contribution is -2.23. The van der Waals surface area contributed by atoms with Crippen LogP contribution in [0.5, 0.6) is 11.5 Å². The molecule has 1 aliphatic rings. The van der Waals surface area contributed by atoms with E-state index in [9.17, 15) is 13.2 Å². The summed E-state index contributed by atoms with van der Waals surface area (Å²) in [5, 5.41) is 7.98. The zero-order valence-electron chi connectivity index (χ0n) is 17.3. The highest BCUT2D eigenvalue weighted by Crippen LogP contribution is 2.43. The summed E-state index contributed by atoms with van der Waals surface area (Å²) in [4.78, 5) is 11.0. The molecular formula is C22H26O7S. The van der Waals surface area contributed by atoms with Gasteiger partial charge in [0.15, 0.2) is 9.84 Å². The van der Waals surface area contributed by atoms with E-state index < -0.39 is 27.7 Å². The van der Waals surface area contributed by atoms with Crippen LogP contribution in [0.1, 0.15) is 28.4 Å². The maximum absolute atomic E-state index is 13.8. The second kappa shape index (κ2) is 9.06. The highest BCUT2D eigenvalue weighted by molar-refractivity contribution is 7.91. The third-order valence-corrected chi connectivity index (χ3v) is 7.60. The molecule has 0 bridgehead atoms. The molecule has 2 unspecified atom stereocenters. The van der Waals surface area contributed by atoms with Crippen LogP contribution in [0.15, 0.2) is 41.3 Å². The number of rotatable bonds is 7. The summed E-state index contributed by atoms with van der Waals surface area (Å²) in [6.07, 6.45) is 0.268. The fourth-order valence-electron chi connectivity index (χ4n) is 3.93. The highest BCUT2D eigenvalue weighted by Gasteiger charge is 2.37. The molecule has 7 nitrogen and oxygen atoms in total. The first-order chi connectivity index (χ1) is 14.2. The largest absolute Gasteiger partial charge is 0.497 e. The van der Waals surface area contributed by atoms with Gasteiger partial charge in [-0.15, -0.1) is 0 Å². The van der Waals surface area contributed by atoms with E-state index in [1.54, 1.807) is 57.4 Å². The Balaban J connectivity index is 2.02. The van der Waals surface area contributed by atoms with Gasteiger partial charge >= 0.3 is 5.97 Å². The van der Waals surface area contributed by atoms with Crippen molar-refractivity contribution in [2.75, 3.05) is 26.9 Å². The van der Waals surface area contributed by atoms with Gasteiger partial charge in [-0.1, -0.05) is 18.2 Å². The Hall–Kier alpha value is -2.58. The van der Waals surface area contributed by atoms with Crippen LogP contribution in [0.25, 0.3) is 0 Å². The van der Waals surface area contributed by atoms with Crippen LogP contribution in [-0.4, -0.2) is 46.4 Å². The lowest BCUT2D eigenvalue weighted by atomic mass is 10.0. The van der Waals surface area contributed by atoms with Crippen LogP contribution in [0.2, 0.25) is 0 Å². The van der Waals surface area contributed by atoms with Gasteiger partial charge in [0, 0.05) is 11.5 Å². The number of hydrogen-bond donors (Lipinski definition) is 1. The van der Waals surface area contributed by atoms with Crippen molar-refractivity contribution in [3.63, 3.8) is 0 Å². The number of sulfone groups is 1. The Morgan fingerprint density at radius 2 is 1.87 bits per heavy atom. The first kappa shape index (κ1) is 22.1. The number of methoxy groups -OCH3 is 1. The van der Waals surface area contributed by atoms with Crippen LogP contribution in [-0.2, 0) is 19.4 Å². The van der Waals surface area contributed by atoms with Crippen molar-refractivity contribution in [3.8, 4) is 11.5 Å². The summed E-state index contributed by atoms with van der Waals surface area (Å²) in [5.41, 5.74) is 1.84. The molecule has 2 aromatic carbocycles. The molecule has 0 aliphatic carbocycles. The van der Waals surface area contributed by atoms with Crippen LogP contribution in [0.4, 0.5) is 0 Å². The lowest BCUT2D eigenvalue weighted by molar-refractivity contribution is -0.142. The monoisotopic (exact) mass is 434 g/mol. The van der Waals surface area contributed by atoms with Gasteiger partial charge in [0.2, 0.25) is 0 Å². The van der Waals surface area contributed by atoms with E-state index >= 15 is 0 Å². The van der Waals surface area contributed by atoms with Crippen molar-refractivity contribution in [2.24, 2.45) is 5.92 Å². The van der Waals surface area contributed by atoms with Crippen LogP contribution in [0, 0.1) is 19.8 Å². The fraction of sp³-hybridized carbons (Fsp3) is 0.409. The molecule has 1 heterocycles. The van der Waals surface area contributed by atoms with Crippen molar-refractivity contribution in [3.05, 3.63) is 53.1 Å². The van der Waals surface area contributed by atoms with Crippen molar-refractivity contribution in [1.82, 2.24) is 0 Å². The smallest absolute Gasteiger partial charge is 0.329 e. The number of aryl methyl sites for hydroxylation is 2. The van der Waals surface area contributed by atoms with Crippen LogP contribution in [0.3, 0.4) is 0 Å². The van der Waals surface area contributed by atoms with Crippen molar-refractivity contribution < 1.29 is 32.5 Å². The van der Waals surface area contributed by atoms with Gasteiger partial charge in [-0.2, -0.15) is 0 Å². The molecule has 0 aromatic heterocycles. The summed E-state index contributed by atoms with van der Waals surface area (Å²) < 4.78 is 44.1. The number of aliphatic carboxylic acids is 1. The molecule has 0 amide bonds. The molecule has 0 radical (unpaired) electrons. The summed E-state index contributed by atoms with van der Waals surface area (Å²) in [6.45, 7) is 3.44. The quantitative estimate of drug-likeness (QED) is 0.714. The van der Waals surface area contributed by atoms with E-state index in [1.165, 1.54) is 0 Å². The third kappa shape index (κ3) is 4.60. The minimum Gasteiger partial charge on any atom is -0.497 e. The maximum Gasteiger partial charge on any atom is 0.329 e. The van der Waals surface area contributed by atoms with E-state index in [1.807, 2.05) is 0 Å². The molecule has 1 N–H and O–H groups in total. The van der Waals surface area contributed by atoms with E-state index in [-0.39, 0.29) is 30.4 Å². The Bertz CT molecular complexity index is 1010. The summed E-state index contributed by atoms with van der Waals surface area (Å²) in [7, 11) is -2.22. The second-order valence-electron chi connectivity index (χ2n) is 7.48. The van der Waals surface area contributed by atoms with Gasteiger partial charge in [0.25, 0.3) is 0 Å². The Morgan fingerprint density at radius 1 is 1.20 bits per heavy atom. The summed E-state index contributed by atoms with van der Waals surface area (Å²) in [5.74, 6) is -0.207. The number of hydrogen-bond acceptors (Lipinski definition) is 6. The van der Waals surface area contributed by atoms with Gasteiger partial charge in [-0.3, -0.25) is 0 Å². The lowest BCUT2D eigenvalue weighted by Gasteiger charge is -2.22. The number of para-hydroxylation sites is 1. The molecule has 30 heavy (non-hydrogen) atoms. The molecule has 3 rings (SSSR count). The van der Waals surface area contributed by atoms with Gasteiger partial charge < -0.3 is 19.3 Å². The fourth-order valence-corrected chi connectivity index (χ4v) is 6.28. The molecule has 2 atom stereocenters. The normalized spacial score (nSPS) is 18.8. The first-order valence-corrected chi connectivity index (χ1v) is 11.2. The molecular weight excluding hydrogens is 408 g/mol. The van der Waals surface area contributed by atoms with Gasteiger partial charge in [0.1, 0.15) is 18.1 Å². The van der Waals surface area contributed by atoms with E-state index in [0.29, 0.717) is 28.2 Å². The maximum atomic E-state index is 13.8. The highest BCUT2D eigenvalue weighted by atomic mass is 32.2. The van der Waals surface area contributed by atoms with Gasteiger partial charge in [-0.05, 0) is 49.6 Å². The molecule has 0 spiro atoms. The second-order valence-corrected chi connectivity index (χ2v) is 9.55. The number of ether oxygens (including phenoxy) is 3. The van der Waals surface area contributed by atoms with Gasteiger partial charge in [-0.25, -0.2) is 13.2 Å². The molecule has 0 saturated heterocycles. The zero-order chi connectivity index (χ0) is 21.9. The Kier molecular flexibility index (Phi) is 6.67. The minimum atomic E-state index is -3.77. The molecule has 8 heteroatoms. The van der Waals surface area contributed by atoms with E-state index in [2.05, 4.69) is 0 Å². The van der Waals surface area contributed by atoms with E-state index in [0.717, 1.165) is 0 Å². The van der Waals surface area contributed by atoms with Crippen LogP contribution < -0.4 is 9.47 Å².